The third-order valence-corrected chi connectivity index (χ3v) is 6.01. The second kappa shape index (κ2) is 7.31. The van der Waals surface area contributed by atoms with Gasteiger partial charge in [0.25, 0.3) is 5.24 Å². The smallest absolute Gasteiger partial charge is 0.286 e. The minimum atomic E-state index is -0.656. The molecule has 2 aromatic rings. The number of fused-ring (bicyclic) bond motifs is 1. The van der Waals surface area contributed by atoms with E-state index < -0.39 is 16.4 Å². The summed E-state index contributed by atoms with van der Waals surface area (Å²) in [7, 11) is 0. The lowest BCUT2D eigenvalue weighted by molar-refractivity contribution is -0.133. The van der Waals surface area contributed by atoms with Crippen LogP contribution in [0.1, 0.15) is 28.9 Å². The van der Waals surface area contributed by atoms with Gasteiger partial charge >= 0.3 is 0 Å². The predicted octanol–water partition coefficient (Wildman–Crippen LogP) is 2.66. The molecule has 0 radical (unpaired) electrons. The van der Waals surface area contributed by atoms with Crippen LogP contribution in [0, 0.1) is 13.8 Å². The first-order valence-electron chi connectivity index (χ1n) is 9.02. The van der Waals surface area contributed by atoms with E-state index in [-0.39, 0.29) is 12.3 Å². The van der Waals surface area contributed by atoms with Crippen molar-refractivity contribution in [3.05, 3.63) is 40.6 Å². The highest BCUT2D eigenvalue weighted by Crippen LogP contribution is 2.31. The molecule has 2 aliphatic rings. The van der Waals surface area contributed by atoms with Crippen LogP contribution in [0.25, 0.3) is 0 Å². The molecule has 1 saturated heterocycles. The van der Waals surface area contributed by atoms with E-state index in [1.165, 1.54) is 0 Å². The quantitative estimate of drug-likeness (QED) is 0.813. The maximum absolute atomic E-state index is 12.7. The van der Waals surface area contributed by atoms with E-state index in [2.05, 4.69) is 15.8 Å². The Labute approximate surface area is 166 Å². The van der Waals surface area contributed by atoms with Gasteiger partial charge < -0.3 is 14.7 Å². The molecule has 3 amide bonds. The number of imide groups is 1. The number of hydrogen-bond acceptors (Lipinski definition) is 7. The minimum Gasteiger partial charge on any atom is -0.359 e. The van der Waals surface area contributed by atoms with Crippen molar-refractivity contribution in [2.45, 2.75) is 38.5 Å². The molecule has 0 saturated carbocycles. The average Bonchev–Trinajstić information content (AvgIpc) is 3.20. The Morgan fingerprint density at radius 1 is 1.36 bits per heavy atom. The number of para-hydroxylation sites is 1. The number of anilines is 2. The number of carbonyl (C=O) groups is 3. The van der Waals surface area contributed by atoms with Gasteiger partial charge in [-0.05, 0) is 25.0 Å². The molecule has 2 aliphatic heterocycles. The van der Waals surface area contributed by atoms with E-state index >= 15 is 0 Å². The number of aryl methyl sites for hydroxylation is 2. The maximum atomic E-state index is 12.7. The molecule has 0 unspecified atom stereocenters. The van der Waals surface area contributed by atoms with Crippen molar-refractivity contribution >= 4 is 40.3 Å². The molecule has 146 valence electrons. The summed E-state index contributed by atoms with van der Waals surface area (Å²) < 4.78 is 5.47. The maximum Gasteiger partial charge on any atom is 0.286 e. The lowest BCUT2D eigenvalue weighted by Gasteiger charge is -2.27. The molecule has 28 heavy (non-hydrogen) atoms. The molecule has 1 fully saturated rings. The molecular formula is C19H20N4O4S. The second-order valence-corrected chi connectivity index (χ2v) is 8.15. The summed E-state index contributed by atoms with van der Waals surface area (Å²) in [4.78, 5) is 37.4. The van der Waals surface area contributed by atoms with Gasteiger partial charge in [-0.1, -0.05) is 35.1 Å². The van der Waals surface area contributed by atoms with Crippen LogP contribution >= 0.6 is 11.8 Å². The van der Waals surface area contributed by atoms with E-state index in [9.17, 15) is 14.4 Å². The molecule has 0 bridgehead atoms. The zero-order valence-corrected chi connectivity index (χ0v) is 16.4. The number of benzene rings is 1. The molecule has 4 rings (SSSR count). The first-order chi connectivity index (χ1) is 13.4. The van der Waals surface area contributed by atoms with Crippen molar-refractivity contribution in [2.75, 3.05) is 11.9 Å². The van der Waals surface area contributed by atoms with Crippen LogP contribution in [-0.2, 0) is 22.6 Å². The number of carbonyl (C=O) groups excluding carboxylic acids is 3. The largest absolute Gasteiger partial charge is 0.359 e. The average molecular weight is 400 g/mol. The number of aromatic nitrogens is 1. The van der Waals surface area contributed by atoms with Crippen molar-refractivity contribution in [1.29, 1.82) is 0 Å². The number of amides is 3. The van der Waals surface area contributed by atoms with Crippen molar-refractivity contribution in [3.63, 3.8) is 0 Å². The molecule has 2 N–H and O–H groups in total. The monoisotopic (exact) mass is 400 g/mol. The van der Waals surface area contributed by atoms with E-state index in [0.717, 1.165) is 39.9 Å². The summed E-state index contributed by atoms with van der Waals surface area (Å²) in [5, 5.41) is 8.65. The van der Waals surface area contributed by atoms with E-state index in [0.29, 0.717) is 25.3 Å². The van der Waals surface area contributed by atoms with Gasteiger partial charge in [-0.15, -0.1) is 0 Å². The number of nitrogens with zero attached hydrogens (tertiary/aromatic N) is 2. The summed E-state index contributed by atoms with van der Waals surface area (Å²) >= 11 is 0.871. The topological polar surface area (TPSA) is 105 Å². The Balaban J connectivity index is 1.49. The third-order valence-electron chi connectivity index (χ3n) is 5.03. The molecule has 0 aliphatic carbocycles. The highest BCUT2D eigenvalue weighted by atomic mass is 32.2. The number of rotatable bonds is 4. The Morgan fingerprint density at radius 3 is 2.79 bits per heavy atom. The summed E-state index contributed by atoms with van der Waals surface area (Å²) in [6.45, 7) is 4.89. The Hall–Kier alpha value is -2.81. The molecule has 1 atom stereocenters. The fourth-order valence-electron chi connectivity index (χ4n) is 3.47. The number of nitrogens with one attached hydrogen (secondary N) is 2. The van der Waals surface area contributed by atoms with E-state index in [1.54, 1.807) is 4.90 Å². The lowest BCUT2D eigenvalue weighted by Crippen LogP contribution is -2.38. The second-order valence-electron chi connectivity index (χ2n) is 6.98. The van der Waals surface area contributed by atoms with Crippen LogP contribution in [-0.4, -0.2) is 38.9 Å². The Kier molecular flexibility index (Phi) is 4.84. The molecule has 0 spiro atoms. The Bertz CT molecular complexity index is 951. The third kappa shape index (κ3) is 3.49. The summed E-state index contributed by atoms with van der Waals surface area (Å²) in [6.07, 6.45) is 0.563. The molecule has 9 heteroatoms. The van der Waals surface area contributed by atoms with Crippen LogP contribution < -0.4 is 10.6 Å². The number of thioether (sulfide) groups is 1. The first-order valence-corrected chi connectivity index (χ1v) is 9.90. The van der Waals surface area contributed by atoms with E-state index in [1.807, 2.05) is 32.0 Å². The van der Waals surface area contributed by atoms with Crippen LogP contribution in [0.4, 0.5) is 16.3 Å². The SMILES string of the molecule is Cc1cccc(C)c1Nc1noc2c1CN(C(=O)C[C@H]1SC(=O)NC1=O)CC2. The van der Waals surface area contributed by atoms with Gasteiger partial charge in [0.1, 0.15) is 11.0 Å². The van der Waals surface area contributed by atoms with Crippen molar-refractivity contribution in [2.24, 2.45) is 0 Å². The molecule has 3 heterocycles. The van der Waals surface area contributed by atoms with Crippen LogP contribution in [0.3, 0.4) is 0 Å². The highest BCUT2D eigenvalue weighted by Gasteiger charge is 2.35. The van der Waals surface area contributed by atoms with Gasteiger partial charge in [0.05, 0.1) is 12.1 Å². The van der Waals surface area contributed by atoms with Gasteiger partial charge in [-0.25, -0.2) is 0 Å². The van der Waals surface area contributed by atoms with Crippen LogP contribution in [0.15, 0.2) is 22.7 Å². The zero-order valence-electron chi connectivity index (χ0n) is 15.6. The van der Waals surface area contributed by atoms with E-state index in [4.69, 9.17) is 4.52 Å². The highest BCUT2D eigenvalue weighted by molar-refractivity contribution is 8.15. The van der Waals surface area contributed by atoms with Gasteiger partial charge in [0.2, 0.25) is 11.8 Å². The fraction of sp³-hybridized carbons (Fsp3) is 0.368. The normalized spacial score (nSPS) is 18.8. The molecular weight excluding hydrogens is 380 g/mol. The molecule has 1 aromatic heterocycles. The summed E-state index contributed by atoms with van der Waals surface area (Å²) in [5.74, 6) is 0.810. The lowest BCUT2D eigenvalue weighted by atomic mass is 10.1. The first kappa shape index (κ1) is 18.5. The van der Waals surface area contributed by atoms with Gasteiger partial charge in [0, 0.05) is 25.1 Å². The van der Waals surface area contributed by atoms with Crippen LogP contribution in [0.5, 0.6) is 0 Å². The van der Waals surface area contributed by atoms with Crippen molar-refractivity contribution in [1.82, 2.24) is 15.4 Å². The zero-order chi connectivity index (χ0) is 19.8. The summed E-state index contributed by atoms with van der Waals surface area (Å²) in [6, 6.07) is 6.03. The van der Waals surface area contributed by atoms with Crippen LogP contribution in [0.2, 0.25) is 0 Å². The minimum absolute atomic E-state index is 0.00250. The molecule has 1 aromatic carbocycles. The van der Waals surface area contributed by atoms with Gasteiger partial charge in [-0.3, -0.25) is 19.7 Å². The summed E-state index contributed by atoms with van der Waals surface area (Å²) in [5.41, 5.74) is 4.00. The number of hydrogen-bond donors (Lipinski definition) is 2. The van der Waals surface area contributed by atoms with Crippen molar-refractivity contribution < 1.29 is 18.9 Å². The Morgan fingerprint density at radius 2 is 2.11 bits per heavy atom. The van der Waals surface area contributed by atoms with Crippen molar-refractivity contribution in [3.8, 4) is 0 Å². The van der Waals surface area contributed by atoms with Gasteiger partial charge in [0.15, 0.2) is 5.82 Å². The predicted molar refractivity (Wildman–Crippen MR) is 104 cm³/mol. The molecule has 8 nitrogen and oxygen atoms in total. The fourth-order valence-corrected chi connectivity index (χ4v) is 4.28. The standard InChI is InChI=1S/C19H20N4O4S/c1-10-4-3-5-11(2)16(10)20-17-12-9-23(7-6-13(12)27-22-17)15(24)8-14-18(25)21-19(26)28-14/h3-5,14H,6-9H2,1-2H3,(H,20,22)(H,21,25,26)/t14-/m1/s1. The van der Waals surface area contributed by atoms with Gasteiger partial charge in [-0.2, -0.15) is 0 Å².